The fourth-order valence-electron chi connectivity index (χ4n) is 3.26. The second-order valence-corrected chi connectivity index (χ2v) is 6.78. The van der Waals surface area contributed by atoms with Crippen LogP contribution < -0.4 is 10.6 Å². The summed E-state index contributed by atoms with van der Waals surface area (Å²) in [5, 5.41) is 6.52. The highest BCUT2D eigenvalue weighted by atomic mass is 16.2. The maximum absolute atomic E-state index is 12.5. The van der Waals surface area contributed by atoms with E-state index in [0.29, 0.717) is 5.92 Å². The number of piperidine rings is 1. The van der Waals surface area contributed by atoms with E-state index in [0.717, 1.165) is 39.3 Å². The molecule has 2 fully saturated rings. The van der Waals surface area contributed by atoms with Crippen molar-refractivity contribution in [3.05, 3.63) is 0 Å². The van der Waals surface area contributed by atoms with Crippen LogP contribution in [0.2, 0.25) is 0 Å². The van der Waals surface area contributed by atoms with Gasteiger partial charge < -0.3 is 15.5 Å². The zero-order valence-corrected chi connectivity index (χ0v) is 13.2. The number of amides is 1. The predicted octanol–water partition coefficient (Wildman–Crippen LogP) is 0.128. The van der Waals surface area contributed by atoms with Gasteiger partial charge in [-0.1, -0.05) is 0 Å². The minimum atomic E-state index is -0.400. The van der Waals surface area contributed by atoms with Crippen LogP contribution in [0.25, 0.3) is 0 Å². The van der Waals surface area contributed by atoms with Crippen LogP contribution in [0, 0.1) is 5.92 Å². The van der Waals surface area contributed by atoms with Gasteiger partial charge in [0.05, 0.1) is 5.54 Å². The van der Waals surface area contributed by atoms with Gasteiger partial charge >= 0.3 is 0 Å². The van der Waals surface area contributed by atoms with Crippen LogP contribution in [0.4, 0.5) is 0 Å². The van der Waals surface area contributed by atoms with Gasteiger partial charge in [-0.05, 0) is 46.2 Å². The van der Waals surface area contributed by atoms with Crippen molar-refractivity contribution in [2.75, 3.05) is 52.9 Å². The minimum Gasteiger partial charge on any atom is -0.354 e. The van der Waals surface area contributed by atoms with E-state index < -0.39 is 5.54 Å². The van der Waals surface area contributed by atoms with Crippen molar-refractivity contribution in [1.82, 2.24) is 20.4 Å². The lowest BCUT2D eigenvalue weighted by Crippen LogP contribution is -2.60. The lowest BCUT2D eigenvalue weighted by molar-refractivity contribution is -0.132. The first kappa shape index (κ1) is 15.7. The molecule has 0 bridgehead atoms. The number of nitrogens with one attached hydrogen (secondary N) is 2. The van der Waals surface area contributed by atoms with Gasteiger partial charge in [0, 0.05) is 39.3 Å². The monoisotopic (exact) mass is 282 g/mol. The third-order valence-corrected chi connectivity index (χ3v) is 4.74. The van der Waals surface area contributed by atoms with Crippen LogP contribution in [0.3, 0.4) is 0 Å². The highest BCUT2D eigenvalue weighted by Crippen LogP contribution is 2.17. The van der Waals surface area contributed by atoms with Crippen LogP contribution in [-0.4, -0.2) is 74.1 Å². The third kappa shape index (κ3) is 3.93. The average molecular weight is 282 g/mol. The highest BCUT2D eigenvalue weighted by molar-refractivity contribution is 5.85. The standard InChI is InChI=1S/C15H30N4O/c1-15(2,19-9-6-16-7-10-19)14(20)17-11-13-5-4-8-18(3)12-13/h13,16H,4-12H2,1-3H3,(H,17,20). The molecule has 2 aliphatic rings. The van der Waals surface area contributed by atoms with E-state index in [1.54, 1.807) is 0 Å². The first-order chi connectivity index (χ1) is 9.50. The normalized spacial score (nSPS) is 26.4. The van der Waals surface area contributed by atoms with Crippen molar-refractivity contribution in [2.45, 2.75) is 32.2 Å². The van der Waals surface area contributed by atoms with Gasteiger partial charge in [-0.2, -0.15) is 0 Å². The number of carbonyl (C=O) groups is 1. The molecule has 1 amide bonds. The second-order valence-electron chi connectivity index (χ2n) is 6.78. The summed E-state index contributed by atoms with van der Waals surface area (Å²) >= 11 is 0. The molecule has 0 aromatic heterocycles. The molecule has 116 valence electrons. The molecule has 2 aliphatic heterocycles. The summed E-state index contributed by atoms with van der Waals surface area (Å²) in [6.45, 7) is 11.1. The van der Waals surface area contributed by atoms with E-state index in [9.17, 15) is 4.79 Å². The maximum atomic E-state index is 12.5. The summed E-state index contributed by atoms with van der Waals surface area (Å²) in [4.78, 5) is 17.1. The summed E-state index contributed by atoms with van der Waals surface area (Å²) in [6, 6.07) is 0. The second kappa shape index (κ2) is 6.87. The minimum absolute atomic E-state index is 0.174. The van der Waals surface area contributed by atoms with E-state index >= 15 is 0 Å². The Kier molecular flexibility index (Phi) is 5.41. The molecule has 2 saturated heterocycles. The van der Waals surface area contributed by atoms with Crippen LogP contribution in [0.5, 0.6) is 0 Å². The first-order valence-corrected chi connectivity index (χ1v) is 7.93. The summed E-state index contributed by atoms with van der Waals surface area (Å²) in [6.07, 6.45) is 2.48. The molecular weight excluding hydrogens is 252 g/mol. The highest BCUT2D eigenvalue weighted by Gasteiger charge is 2.35. The molecule has 0 spiro atoms. The molecule has 0 saturated carbocycles. The molecule has 0 aromatic rings. The lowest BCUT2D eigenvalue weighted by Gasteiger charge is -2.40. The molecule has 5 heteroatoms. The Hall–Kier alpha value is -0.650. The molecular formula is C15H30N4O. The number of hydrogen-bond donors (Lipinski definition) is 2. The molecule has 0 radical (unpaired) electrons. The number of hydrogen-bond acceptors (Lipinski definition) is 4. The predicted molar refractivity (Wildman–Crippen MR) is 81.8 cm³/mol. The fourth-order valence-corrected chi connectivity index (χ4v) is 3.26. The largest absolute Gasteiger partial charge is 0.354 e. The average Bonchev–Trinajstić information content (AvgIpc) is 2.45. The van der Waals surface area contributed by atoms with Crippen LogP contribution in [0.15, 0.2) is 0 Å². The Morgan fingerprint density at radius 1 is 1.30 bits per heavy atom. The smallest absolute Gasteiger partial charge is 0.239 e. The van der Waals surface area contributed by atoms with Crippen molar-refractivity contribution in [1.29, 1.82) is 0 Å². The summed E-state index contributed by atoms with van der Waals surface area (Å²) in [7, 11) is 2.17. The molecule has 20 heavy (non-hydrogen) atoms. The van der Waals surface area contributed by atoms with Crippen molar-refractivity contribution in [3.63, 3.8) is 0 Å². The Bertz CT molecular complexity index is 326. The quantitative estimate of drug-likeness (QED) is 0.769. The van der Waals surface area contributed by atoms with Crippen LogP contribution >= 0.6 is 0 Å². The summed E-state index contributed by atoms with van der Waals surface area (Å²) < 4.78 is 0. The van der Waals surface area contributed by atoms with Gasteiger partial charge in [0.2, 0.25) is 5.91 Å². The zero-order valence-electron chi connectivity index (χ0n) is 13.2. The molecule has 1 atom stereocenters. The van der Waals surface area contributed by atoms with Gasteiger partial charge in [-0.3, -0.25) is 9.69 Å². The number of piperazine rings is 1. The van der Waals surface area contributed by atoms with Crippen molar-refractivity contribution < 1.29 is 4.79 Å². The topological polar surface area (TPSA) is 47.6 Å². The number of likely N-dealkylation sites (tertiary alicyclic amines) is 1. The third-order valence-electron chi connectivity index (χ3n) is 4.74. The fraction of sp³-hybridized carbons (Fsp3) is 0.933. The maximum Gasteiger partial charge on any atom is 0.239 e. The molecule has 1 unspecified atom stereocenters. The molecule has 5 nitrogen and oxygen atoms in total. The summed E-state index contributed by atoms with van der Waals surface area (Å²) in [5.74, 6) is 0.782. The Balaban J connectivity index is 1.80. The van der Waals surface area contributed by atoms with Crippen LogP contribution in [-0.2, 0) is 4.79 Å². The number of nitrogens with zero attached hydrogens (tertiary/aromatic N) is 2. The molecule has 0 aromatic carbocycles. The molecule has 2 N–H and O–H groups in total. The van der Waals surface area contributed by atoms with Gasteiger partial charge in [-0.25, -0.2) is 0 Å². The van der Waals surface area contributed by atoms with E-state index in [-0.39, 0.29) is 5.91 Å². The molecule has 0 aliphatic carbocycles. The SMILES string of the molecule is CN1CCCC(CNC(=O)C(C)(C)N2CCNCC2)C1. The van der Waals surface area contributed by atoms with Crippen molar-refractivity contribution in [3.8, 4) is 0 Å². The lowest BCUT2D eigenvalue weighted by atomic mass is 9.96. The van der Waals surface area contributed by atoms with Gasteiger partial charge in [-0.15, -0.1) is 0 Å². The Morgan fingerprint density at radius 3 is 2.65 bits per heavy atom. The molecule has 2 heterocycles. The van der Waals surface area contributed by atoms with E-state index in [4.69, 9.17) is 0 Å². The zero-order chi connectivity index (χ0) is 14.6. The van der Waals surface area contributed by atoms with E-state index in [1.165, 1.54) is 19.4 Å². The Morgan fingerprint density at radius 2 is 2.00 bits per heavy atom. The van der Waals surface area contributed by atoms with Gasteiger partial charge in [0.25, 0.3) is 0 Å². The van der Waals surface area contributed by atoms with E-state index in [1.807, 2.05) is 13.8 Å². The van der Waals surface area contributed by atoms with Crippen LogP contribution in [0.1, 0.15) is 26.7 Å². The van der Waals surface area contributed by atoms with Gasteiger partial charge in [0.1, 0.15) is 0 Å². The molecule has 2 rings (SSSR count). The van der Waals surface area contributed by atoms with E-state index in [2.05, 4.69) is 27.5 Å². The number of rotatable bonds is 4. The van der Waals surface area contributed by atoms with Crippen molar-refractivity contribution in [2.24, 2.45) is 5.92 Å². The number of carbonyl (C=O) groups excluding carboxylic acids is 1. The summed E-state index contributed by atoms with van der Waals surface area (Å²) in [5.41, 5.74) is -0.400. The Labute approximate surface area is 123 Å². The first-order valence-electron chi connectivity index (χ1n) is 7.93. The van der Waals surface area contributed by atoms with Gasteiger partial charge in [0.15, 0.2) is 0 Å². The van der Waals surface area contributed by atoms with Crippen molar-refractivity contribution >= 4 is 5.91 Å².